The van der Waals surface area contributed by atoms with Crippen LogP contribution in [-0.4, -0.2) is 43.2 Å². The summed E-state index contributed by atoms with van der Waals surface area (Å²) < 4.78 is 10.5. The first-order valence-corrected chi connectivity index (χ1v) is 8.71. The molecule has 1 unspecified atom stereocenters. The van der Waals surface area contributed by atoms with E-state index < -0.39 is 0 Å². The van der Waals surface area contributed by atoms with Gasteiger partial charge in [-0.25, -0.2) is 9.97 Å². The van der Waals surface area contributed by atoms with Crippen LogP contribution in [0.3, 0.4) is 0 Å². The fraction of sp³-hybridized carbons (Fsp3) is 0.421. The minimum Gasteiger partial charge on any atom is -0.497 e. The first-order chi connectivity index (χ1) is 12.6. The van der Waals surface area contributed by atoms with Crippen molar-refractivity contribution in [1.29, 1.82) is 0 Å². The number of ether oxygens (including phenoxy) is 2. The Labute approximate surface area is 153 Å². The number of piperidine rings is 1. The molecule has 1 aromatic carbocycles. The molecule has 1 saturated heterocycles. The third kappa shape index (κ3) is 4.04. The van der Waals surface area contributed by atoms with Gasteiger partial charge in [-0.1, -0.05) is 6.92 Å². The van der Waals surface area contributed by atoms with Crippen LogP contribution >= 0.6 is 0 Å². The van der Waals surface area contributed by atoms with E-state index >= 15 is 0 Å². The minimum atomic E-state index is -0.285. The number of nitrogens with zero attached hydrogens (tertiary/aromatic N) is 3. The second-order valence-corrected chi connectivity index (χ2v) is 6.49. The Balaban J connectivity index is 1.70. The Kier molecular flexibility index (Phi) is 5.55. The average molecular weight is 356 g/mol. The van der Waals surface area contributed by atoms with Crippen LogP contribution in [0.1, 0.15) is 30.1 Å². The molecule has 3 rings (SSSR count). The number of anilines is 2. The molecule has 0 spiro atoms. The van der Waals surface area contributed by atoms with Crippen molar-refractivity contribution in [2.45, 2.75) is 19.8 Å². The Bertz CT molecular complexity index is 764. The Morgan fingerprint density at radius 3 is 2.65 bits per heavy atom. The van der Waals surface area contributed by atoms with E-state index in [1.807, 2.05) is 0 Å². The molecule has 1 aliphatic rings. The molecule has 1 aliphatic heterocycles. The van der Waals surface area contributed by atoms with E-state index in [4.69, 9.17) is 9.47 Å². The molecule has 1 N–H and O–H groups in total. The van der Waals surface area contributed by atoms with Gasteiger partial charge in [0.1, 0.15) is 11.5 Å². The largest absolute Gasteiger partial charge is 0.497 e. The first-order valence-electron chi connectivity index (χ1n) is 8.71. The highest BCUT2D eigenvalue weighted by Gasteiger charge is 2.19. The molecule has 0 saturated carbocycles. The fourth-order valence-corrected chi connectivity index (χ4v) is 3.07. The van der Waals surface area contributed by atoms with Gasteiger partial charge < -0.3 is 19.7 Å². The normalized spacial score (nSPS) is 16.9. The number of benzene rings is 1. The van der Waals surface area contributed by atoms with E-state index in [9.17, 15) is 4.79 Å². The topological polar surface area (TPSA) is 76.6 Å². The maximum Gasteiger partial charge on any atom is 0.258 e. The molecular formula is C19H24N4O3. The zero-order chi connectivity index (χ0) is 18.5. The van der Waals surface area contributed by atoms with Crippen molar-refractivity contribution in [3.05, 3.63) is 36.2 Å². The Morgan fingerprint density at radius 2 is 2.00 bits per heavy atom. The van der Waals surface area contributed by atoms with Crippen molar-refractivity contribution >= 4 is 17.5 Å². The second kappa shape index (κ2) is 8.03. The van der Waals surface area contributed by atoms with Crippen LogP contribution in [0.4, 0.5) is 11.6 Å². The van der Waals surface area contributed by atoms with Crippen molar-refractivity contribution in [2.24, 2.45) is 5.92 Å². The lowest BCUT2D eigenvalue weighted by Crippen LogP contribution is -2.35. The summed E-state index contributed by atoms with van der Waals surface area (Å²) in [6, 6.07) is 5.21. The van der Waals surface area contributed by atoms with Gasteiger partial charge in [-0.05, 0) is 30.9 Å². The summed E-state index contributed by atoms with van der Waals surface area (Å²) >= 11 is 0. The summed E-state index contributed by atoms with van der Waals surface area (Å²) in [4.78, 5) is 23.4. The number of hydrogen-bond donors (Lipinski definition) is 1. The van der Waals surface area contributed by atoms with Gasteiger partial charge in [0.05, 0.1) is 25.5 Å². The summed E-state index contributed by atoms with van der Waals surface area (Å²) in [5, 5.41) is 2.82. The maximum absolute atomic E-state index is 12.5. The van der Waals surface area contributed by atoms with Gasteiger partial charge in [-0.15, -0.1) is 0 Å². The maximum atomic E-state index is 12.5. The average Bonchev–Trinajstić information content (AvgIpc) is 2.68. The molecule has 1 aromatic heterocycles. The number of carbonyl (C=O) groups is 1. The van der Waals surface area contributed by atoms with Gasteiger partial charge in [0, 0.05) is 31.5 Å². The third-order valence-electron chi connectivity index (χ3n) is 4.50. The molecule has 2 aromatic rings. The molecule has 7 heteroatoms. The molecule has 1 atom stereocenters. The predicted molar refractivity (Wildman–Crippen MR) is 100 cm³/mol. The molecule has 0 bridgehead atoms. The Hall–Kier alpha value is -2.83. The van der Waals surface area contributed by atoms with Crippen LogP contribution in [0, 0.1) is 5.92 Å². The van der Waals surface area contributed by atoms with Crippen molar-refractivity contribution < 1.29 is 14.3 Å². The zero-order valence-electron chi connectivity index (χ0n) is 15.4. The quantitative estimate of drug-likeness (QED) is 0.887. The molecule has 1 fully saturated rings. The lowest BCUT2D eigenvalue weighted by atomic mass is 10.0. The summed E-state index contributed by atoms with van der Waals surface area (Å²) in [6.07, 6.45) is 5.50. The van der Waals surface area contributed by atoms with Crippen molar-refractivity contribution in [3.63, 3.8) is 0 Å². The smallest absolute Gasteiger partial charge is 0.258 e. The van der Waals surface area contributed by atoms with Gasteiger partial charge in [-0.2, -0.15) is 0 Å². The van der Waals surface area contributed by atoms with E-state index in [2.05, 4.69) is 27.1 Å². The molecule has 0 radical (unpaired) electrons. The predicted octanol–water partition coefficient (Wildman–Crippen LogP) is 2.98. The number of amides is 1. The number of rotatable bonds is 5. The van der Waals surface area contributed by atoms with Crippen molar-refractivity contribution in [1.82, 2.24) is 9.97 Å². The molecular weight excluding hydrogens is 332 g/mol. The molecule has 26 heavy (non-hydrogen) atoms. The Morgan fingerprint density at radius 1 is 1.23 bits per heavy atom. The summed E-state index contributed by atoms with van der Waals surface area (Å²) in [6.45, 7) is 4.14. The van der Waals surface area contributed by atoms with Crippen molar-refractivity contribution in [3.8, 4) is 11.5 Å². The fourth-order valence-electron chi connectivity index (χ4n) is 3.07. The van der Waals surface area contributed by atoms with Crippen LogP contribution < -0.4 is 19.7 Å². The van der Waals surface area contributed by atoms with E-state index in [1.54, 1.807) is 44.8 Å². The van der Waals surface area contributed by atoms with E-state index in [0.717, 1.165) is 19.5 Å². The monoisotopic (exact) mass is 356 g/mol. The number of hydrogen-bond acceptors (Lipinski definition) is 6. The summed E-state index contributed by atoms with van der Waals surface area (Å²) in [5.74, 6) is 2.21. The van der Waals surface area contributed by atoms with Crippen LogP contribution in [0.2, 0.25) is 0 Å². The second-order valence-electron chi connectivity index (χ2n) is 6.49. The standard InChI is InChI=1S/C19H24N4O3/c1-13-5-4-8-23(12-13)19-20-10-14(11-21-19)18(24)22-16-7-6-15(25-2)9-17(16)26-3/h6-7,9-11,13H,4-5,8,12H2,1-3H3,(H,22,24). The van der Waals surface area contributed by atoms with Crippen LogP contribution in [-0.2, 0) is 0 Å². The number of carbonyl (C=O) groups excluding carboxylic acids is 1. The molecule has 7 nitrogen and oxygen atoms in total. The molecule has 1 amide bonds. The van der Waals surface area contributed by atoms with Gasteiger partial charge >= 0.3 is 0 Å². The number of aromatic nitrogens is 2. The van der Waals surface area contributed by atoms with E-state index in [0.29, 0.717) is 34.6 Å². The summed E-state index contributed by atoms with van der Waals surface area (Å²) in [5.41, 5.74) is 0.962. The van der Waals surface area contributed by atoms with Gasteiger partial charge in [0.25, 0.3) is 5.91 Å². The third-order valence-corrected chi connectivity index (χ3v) is 4.50. The molecule has 138 valence electrons. The van der Waals surface area contributed by atoms with Gasteiger partial charge in [0.15, 0.2) is 0 Å². The first kappa shape index (κ1) is 18.0. The molecule has 2 heterocycles. The zero-order valence-corrected chi connectivity index (χ0v) is 15.4. The summed E-state index contributed by atoms with van der Waals surface area (Å²) in [7, 11) is 3.12. The molecule has 0 aliphatic carbocycles. The van der Waals surface area contributed by atoms with Gasteiger partial charge in [-0.3, -0.25) is 4.79 Å². The van der Waals surface area contributed by atoms with Crippen molar-refractivity contribution in [2.75, 3.05) is 37.5 Å². The van der Waals surface area contributed by atoms with Crippen LogP contribution in [0.5, 0.6) is 11.5 Å². The lowest BCUT2D eigenvalue weighted by Gasteiger charge is -2.30. The van der Waals surface area contributed by atoms with E-state index in [-0.39, 0.29) is 5.91 Å². The highest BCUT2D eigenvalue weighted by molar-refractivity contribution is 6.04. The SMILES string of the molecule is COc1ccc(NC(=O)c2cnc(N3CCCC(C)C3)nc2)c(OC)c1. The van der Waals surface area contributed by atoms with Gasteiger partial charge in [0.2, 0.25) is 5.95 Å². The van der Waals surface area contributed by atoms with Crippen LogP contribution in [0.15, 0.2) is 30.6 Å². The number of nitrogens with one attached hydrogen (secondary N) is 1. The lowest BCUT2D eigenvalue weighted by molar-refractivity contribution is 0.102. The minimum absolute atomic E-state index is 0.285. The van der Waals surface area contributed by atoms with Crippen LogP contribution in [0.25, 0.3) is 0 Å². The highest BCUT2D eigenvalue weighted by atomic mass is 16.5. The van der Waals surface area contributed by atoms with E-state index in [1.165, 1.54) is 6.42 Å². The highest BCUT2D eigenvalue weighted by Crippen LogP contribution is 2.29. The number of methoxy groups -OCH3 is 2.